The van der Waals surface area contributed by atoms with Gasteiger partial charge >= 0.3 is 0 Å². The quantitative estimate of drug-likeness (QED) is 0.668. The predicted octanol–water partition coefficient (Wildman–Crippen LogP) is 4.65. The Hall–Kier alpha value is -2.02. The average Bonchev–Trinajstić information content (AvgIpc) is 2.74. The van der Waals surface area contributed by atoms with Crippen molar-refractivity contribution < 1.29 is 9.47 Å². The van der Waals surface area contributed by atoms with Crippen molar-refractivity contribution in [3.05, 3.63) is 53.1 Å². The van der Waals surface area contributed by atoms with E-state index in [2.05, 4.69) is 28.2 Å². The van der Waals surface area contributed by atoms with Gasteiger partial charge in [0.2, 0.25) is 0 Å². The summed E-state index contributed by atoms with van der Waals surface area (Å²) < 4.78 is 10.8. The Balaban J connectivity index is 1.83. The first-order valence-corrected chi connectivity index (χ1v) is 10.5. The molecule has 1 fully saturated rings. The molecule has 1 saturated heterocycles. The number of likely N-dealkylation sites (tertiary alicyclic amines) is 1. The third-order valence-corrected chi connectivity index (χ3v) is 6.04. The maximum absolute atomic E-state index is 6.44. The number of hydrogen-bond acceptors (Lipinski definition) is 4. The van der Waals surface area contributed by atoms with Crippen LogP contribution < -0.4 is 14.8 Å². The van der Waals surface area contributed by atoms with Gasteiger partial charge in [-0.05, 0) is 69.0 Å². The van der Waals surface area contributed by atoms with E-state index in [9.17, 15) is 0 Å². The zero-order chi connectivity index (χ0) is 20.8. The molecule has 0 aromatic heterocycles. The molecule has 3 rings (SSSR count). The third kappa shape index (κ3) is 5.53. The van der Waals surface area contributed by atoms with Crippen LogP contribution in [0.2, 0.25) is 5.02 Å². The summed E-state index contributed by atoms with van der Waals surface area (Å²) in [5.41, 5.74) is 1.88. The molecule has 0 bridgehead atoms. The molecule has 2 aromatic rings. The predicted molar refractivity (Wildman–Crippen MR) is 123 cm³/mol. The van der Waals surface area contributed by atoms with Gasteiger partial charge in [-0.25, -0.2) is 0 Å². The van der Waals surface area contributed by atoms with Crippen LogP contribution in [0.25, 0.3) is 0 Å². The molecule has 0 unspecified atom stereocenters. The van der Waals surface area contributed by atoms with Crippen LogP contribution in [0, 0.1) is 0 Å². The number of benzene rings is 2. The lowest BCUT2D eigenvalue weighted by molar-refractivity contribution is 0.173. The molecule has 1 N–H and O–H groups in total. The first kappa shape index (κ1) is 21.7. The topological polar surface area (TPSA) is 37.0 Å². The lowest BCUT2D eigenvalue weighted by Gasteiger charge is -2.39. The summed E-state index contributed by atoms with van der Waals surface area (Å²) >= 11 is 12.3. The molecule has 0 saturated carbocycles. The average molecular weight is 434 g/mol. The number of piperidine rings is 1. The fourth-order valence-corrected chi connectivity index (χ4v) is 4.09. The third-order valence-electron chi connectivity index (χ3n) is 5.34. The van der Waals surface area contributed by atoms with Gasteiger partial charge in [0.1, 0.15) is 11.5 Å². The summed E-state index contributed by atoms with van der Waals surface area (Å²) in [6.45, 7) is 2.77. The van der Waals surface area contributed by atoms with Crippen LogP contribution in [0.3, 0.4) is 0 Å². The van der Waals surface area contributed by atoms with E-state index in [1.807, 2.05) is 36.4 Å². The van der Waals surface area contributed by atoms with Gasteiger partial charge in [0, 0.05) is 23.7 Å². The van der Waals surface area contributed by atoms with Gasteiger partial charge in [0.15, 0.2) is 5.11 Å². The van der Waals surface area contributed by atoms with Gasteiger partial charge in [-0.15, -0.1) is 0 Å². The highest BCUT2D eigenvalue weighted by Gasteiger charge is 2.26. The summed E-state index contributed by atoms with van der Waals surface area (Å²) in [4.78, 5) is 4.61. The molecule has 1 aliphatic heterocycles. The maximum Gasteiger partial charge on any atom is 0.174 e. The Morgan fingerprint density at radius 3 is 2.55 bits per heavy atom. The van der Waals surface area contributed by atoms with Crippen molar-refractivity contribution in [2.75, 3.05) is 39.7 Å². The molecule has 0 spiro atoms. The van der Waals surface area contributed by atoms with Gasteiger partial charge in [-0.2, -0.15) is 0 Å². The summed E-state index contributed by atoms with van der Waals surface area (Å²) in [5.74, 6) is 1.43. The largest absolute Gasteiger partial charge is 0.497 e. The minimum atomic E-state index is 0.353. The Morgan fingerprint density at radius 2 is 1.90 bits per heavy atom. The van der Waals surface area contributed by atoms with Crippen LogP contribution in [-0.4, -0.2) is 55.3 Å². The van der Waals surface area contributed by atoms with E-state index in [1.165, 1.54) is 0 Å². The molecule has 0 aliphatic carbocycles. The Bertz CT molecular complexity index is 841. The minimum Gasteiger partial charge on any atom is -0.497 e. The lowest BCUT2D eigenvalue weighted by Crippen LogP contribution is -2.47. The first-order valence-electron chi connectivity index (χ1n) is 9.73. The zero-order valence-electron chi connectivity index (χ0n) is 17.2. The van der Waals surface area contributed by atoms with Crippen molar-refractivity contribution in [2.45, 2.75) is 25.4 Å². The Morgan fingerprint density at radius 1 is 1.17 bits per heavy atom. The highest BCUT2D eigenvalue weighted by molar-refractivity contribution is 7.80. The normalized spacial score (nSPS) is 15.0. The molecule has 7 heteroatoms. The number of halogens is 1. The van der Waals surface area contributed by atoms with E-state index in [4.69, 9.17) is 33.3 Å². The molecule has 2 aromatic carbocycles. The number of anilines is 1. The van der Waals surface area contributed by atoms with Gasteiger partial charge in [0.25, 0.3) is 0 Å². The lowest BCUT2D eigenvalue weighted by atomic mass is 10.0. The number of rotatable bonds is 6. The second-order valence-corrected chi connectivity index (χ2v) is 8.04. The van der Waals surface area contributed by atoms with Crippen LogP contribution in [0.4, 0.5) is 5.69 Å². The number of nitrogens with zero attached hydrogens (tertiary/aromatic N) is 2. The molecule has 5 nitrogen and oxygen atoms in total. The van der Waals surface area contributed by atoms with Gasteiger partial charge in [-0.3, -0.25) is 0 Å². The molecule has 156 valence electrons. The summed E-state index contributed by atoms with van der Waals surface area (Å²) in [5, 5.41) is 4.81. The number of thiocarbonyl (C=S) groups is 1. The van der Waals surface area contributed by atoms with Crippen LogP contribution in [0.15, 0.2) is 42.5 Å². The SMILES string of the molecule is COc1ccc(NC(=S)N(Cc2ccccc2Cl)C2CCN(C)CC2)c(OC)c1. The molecular weight excluding hydrogens is 406 g/mol. The van der Waals surface area contributed by atoms with Crippen LogP contribution in [-0.2, 0) is 6.54 Å². The summed E-state index contributed by atoms with van der Waals surface area (Å²) in [6, 6.07) is 14.0. The molecule has 0 atom stereocenters. The second kappa shape index (κ2) is 10.1. The molecule has 0 amide bonds. The van der Waals surface area contributed by atoms with Crippen molar-refractivity contribution >= 4 is 34.6 Å². The van der Waals surface area contributed by atoms with Gasteiger partial charge in [0.05, 0.1) is 19.9 Å². The number of methoxy groups -OCH3 is 2. The highest BCUT2D eigenvalue weighted by Crippen LogP contribution is 2.30. The van der Waals surface area contributed by atoms with Crippen molar-refractivity contribution in [1.82, 2.24) is 9.80 Å². The molecule has 1 aliphatic rings. The van der Waals surface area contributed by atoms with E-state index in [-0.39, 0.29) is 0 Å². The number of hydrogen-bond donors (Lipinski definition) is 1. The van der Waals surface area contributed by atoms with E-state index < -0.39 is 0 Å². The molecular formula is C22H28ClN3O2S. The van der Waals surface area contributed by atoms with Crippen molar-refractivity contribution in [3.63, 3.8) is 0 Å². The van der Waals surface area contributed by atoms with Gasteiger partial charge in [-0.1, -0.05) is 29.8 Å². The van der Waals surface area contributed by atoms with Crippen LogP contribution in [0.5, 0.6) is 11.5 Å². The first-order chi connectivity index (χ1) is 14.0. The summed E-state index contributed by atoms with van der Waals surface area (Å²) in [6.07, 6.45) is 2.12. The van der Waals surface area contributed by atoms with E-state index >= 15 is 0 Å². The minimum absolute atomic E-state index is 0.353. The Kier molecular flexibility index (Phi) is 7.58. The zero-order valence-corrected chi connectivity index (χ0v) is 18.7. The fraction of sp³-hybridized carbons (Fsp3) is 0.409. The monoisotopic (exact) mass is 433 g/mol. The summed E-state index contributed by atoms with van der Waals surface area (Å²) in [7, 11) is 5.44. The molecule has 29 heavy (non-hydrogen) atoms. The van der Waals surface area contributed by atoms with Crippen molar-refractivity contribution in [2.24, 2.45) is 0 Å². The molecule has 1 heterocycles. The highest BCUT2D eigenvalue weighted by atomic mass is 35.5. The number of nitrogens with one attached hydrogen (secondary N) is 1. The van der Waals surface area contributed by atoms with E-state index in [0.717, 1.165) is 48.0 Å². The van der Waals surface area contributed by atoms with Crippen molar-refractivity contribution in [1.29, 1.82) is 0 Å². The standard InChI is InChI=1S/C22H28ClN3O2S/c1-25-12-10-17(11-13-25)26(15-16-6-4-5-7-19(16)23)22(29)24-20-9-8-18(27-2)14-21(20)28-3/h4-9,14,17H,10-13,15H2,1-3H3,(H,24,29). The van der Waals surface area contributed by atoms with Crippen LogP contribution in [0.1, 0.15) is 18.4 Å². The maximum atomic E-state index is 6.44. The van der Waals surface area contributed by atoms with Crippen LogP contribution >= 0.6 is 23.8 Å². The van der Waals surface area contributed by atoms with E-state index in [1.54, 1.807) is 14.2 Å². The Labute approximate surface area is 183 Å². The molecule has 0 radical (unpaired) electrons. The van der Waals surface area contributed by atoms with Gasteiger partial charge < -0.3 is 24.6 Å². The number of ether oxygens (including phenoxy) is 2. The smallest absolute Gasteiger partial charge is 0.174 e. The fourth-order valence-electron chi connectivity index (χ4n) is 3.57. The van der Waals surface area contributed by atoms with E-state index in [0.29, 0.717) is 23.4 Å². The second-order valence-electron chi connectivity index (χ2n) is 7.25. The van der Waals surface area contributed by atoms with Crippen molar-refractivity contribution in [3.8, 4) is 11.5 Å².